The van der Waals surface area contributed by atoms with Crippen molar-refractivity contribution in [3.63, 3.8) is 0 Å². The van der Waals surface area contributed by atoms with Crippen LogP contribution in [0.2, 0.25) is 0 Å². The summed E-state index contributed by atoms with van der Waals surface area (Å²) in [4.78, 5) is 23.0. The summed E-state index contributed by atoms with van der Waals surface area (Å²) in [6.07, 6.45) is 2.97. The summed E-state index contributed by atoms with van der Waals surface area (Å²) in [7, 11) is 0. The standard InChI is InChI=1S/C17H22O5/c1-9-5-6-14(21-12(4)18)10(2)8-13(19)16-11(3)17(20)22-15(16)7-9/h5,8,13-16,19H,3,6-7H2,1-2,4H3. The number of fused-ring (bicyclic) bond motifs is 1. The number of aliphatic hydroxyl groups is 1. The average Bonchev–Trinajstić information content (AvgIpc) is 2.68. The molecule has 0 aromatic heterocycles. The summed E-state index contributed by atoms with van der Waals surface area (Å²) >= 11 is 0. The van der Waals surface area contributed by atoms with Crippen LogP contribution in [0.15, 0.2) is 35.5 Å². The predicted molar refractivity (Wildman–Crippen MR) is 80.8 cm³/mol. The maximum atomic E-state index is 11.7. The van der Waals surface area contributed by atoms with Crippen LogP contribution in [0.3, 0.4) is 0 Å². The zero-order valence-corrected chi connectivity index (χ0v) is 13.2. The molecule has 1 heterocycles. The van der Waals surface area contributed by atoms with Crippen molar-refractivity contribution in [1.82, 2.24) is 0 Å². The van der Waals surface area contributed by atoms with E-state index in [4.69, 9.17) is 9.47 Å². The van der Waals surface area contributed by atoms with Gasteiger partial charge in [0.15, 0.2) is 0 Å². The third kappa shape index (κ3) is 3.47. The Labute approximate surface area is 130 Å². The first-order valence-electron chi connectivity index (χ1n) is 7.38. The van der Waals surface area contributed by atoms with E-state index in [0.29, 0.717) is 18.4 Å². The highest BCUT2D eigenvalue weighted by Gasteiger charge is 2.42. The summed E-state index contributed by atoms with van der Waals surface area (Å²) in [5.74, 6) is -1.29. The molecule has 4 atom stereocenters. The number of hydrogen-bond donors (Lipinski definition) is 1. The Kier molecular flexibility index (Phi) is 4.86. The third-order valence-corrected chi connectivity index (χ3v) is 4.14. The van der Waals surface area contributed by atoms with Gasteiger partial charge in [-0.2, -0.15) is 0 Å². The minimum atomic E-state index is -0.895. The van der Waals surface area contributed by atoms with Crippen molar-refractivity contribution in [3.05, 3.63) is 35.5 Å². The van der Waals surface area contributed by atoms with Gasteiger partial charge < -0.3 is 14.6 Å². The highest BCUT2D eigenvalue weighted by molar-refractivity contribution is 5.91. The van der Waals surface area contributed by atoms with Crippen LogP contribution in [0, 0.1) is 5.92 Å². The Balaban J connectivity index is 2.35. The molecule has 0 aromatic carbocycles. The van der Waals surface area contributed by atoms with E-state index >= 15 is 0 Å². The molecule has 5 heteroatoms. The molecular formula is C17H22O5. The number of aliphatic hydroxyl groups excluding tert-OH is 1. The Morgan fingerprint density at radius 3 is 2.77 bits per heavy atom. The highest BCUT2D eigenvalue weighted by Crippen LogP contribution is 2.35. The van der Waals surface area contributed by atoms with Crippen molar-refractivity contribution < 1.29 is 24.2 Å². The number of ether oxygens (including phenoxy) is 2. The average molecular weight is 306 g/mol. The number of rotatable bonds is 1. The lowest BCUT2D eigenvalue weighted by molar-refractivity contribution is -0.144. The number of esters is 2. The van der Waals surface area contributed by atoms with E-state index in [9.17, 15) is 14.7 Å². The van der Waals surface area contributed by atoms with Gasteiger partial charge in [-0.25, -0.2) is 4.79 Å². The van der Waals surface area contributed by atoms with Crippen LogP contribution in [0.25, 0.3) is 0 Å². The minimum Gasteiger partial charge on any atom is -0.458 e. The Morgan fingerprint density at radius 1 is 1.45 bits per heavy atom. The van der Waals surface area contributed by atoms with Gasteiger partial charge in [-0.05, 0) is 19.4 Å². The van der Waals surface area contributed by atoms with Gasteiger partial charge in [0.1, 0.15) is 12.2 Å². The fourth-order valence-electron chi connectivity index (χ4n) is 2.96. The largest absolute Gasteiger partial charge is 0.458 e. The zero-order valence-electron chi connectivity index (χ0n) is 13.2. The van der Waals surface area contributed by atoms with Gasteiger partial charge in [-0.3, -0.25) is 4.79 Å². The first-order valence-corrected chi connectivity index (χ1v) is 7.38. The van der Waals surface area contributed by atoms with Crippen LogP contribution in [-0.2, 0) is 19.1 Å². The fourth-order valence-corrected chi connectivity index (χ4v) is 2.96. The minimum absolute atomic E-state index is 0.291. The monoisotopic (exact) mass is 306 g/mol. The molecule has 1 aliphatic carbocycles. The van der Waals surface area contributed by atoms with E-state index in [1.807, 2.05) is 13.0 Å². The molecule has 22 heavy (non-hydrogen) atoms. The van der Waals surface area contributed by atoms with Gasteiger partial charge in [0.05, 0.1) is 12.0 Å². The van der Waals surface area contributed by atoms with E-state index < -0.39 is 30.2 Å². The van der Waals surface area contributed by atoms with Crippen molar-refractivity contribution >= 4 is 11.9 Å². The van der Waals surface area contributed by atoms with Gasteiger partial charge in [0.2, 0.25) is 0 Å². The number of carbonyl (C=O) groups excluding carboxylic acids is 2. The number of hydrogen-bond acceptors (Lipinski definition) is 5. The van der Waals surface area contributed by atoms with Crippen molar-refractivity contribution in [2.24, 2.45) is 5.92 Å². The van der Waals surface area contributed by atoms with Crippen LogP contribution in [-0.4, -0.2) is 35.4 Å². The molecule has 0 aromatic rings. The van der Waals surface area contributed by atoms with Crippen molar-refractivity contribution in [3.8, 4) is 0 Å². The van der Waals surface area contributed by atoms with E-state index in [1.165, 1.54) is 6.92 Å². The van der Waals surface area contributed by atoms with Gasteiger partial charge in [-0.1, -0.05) is 24.3 Å². The van der Waals surface area contributed by atoms with Crippen LogP contribution in [0.5, 0.6) is 0 Å². The third-order valence-electron chi connectivity index (χ3n) is 4.14. The molecular weight excluding hydrogens is 284 g/mol. The second kappa shape index (κ2) is 6.48. The molecule has 0 radical (unpaired) electrons. The molecule has 1 saturated heterocycles. The lowest BCUT2D eigenvalue weighted by Gasteiger charge is -2.25. The first-order chi connectivity index (χ1) is 10.3. The lowest BCUT2D eigenvalue weighted by Crippen LogP contribution is -2.30. The molecule has 2 aliphatic rings. The molecule has 5 nitrogen and oxygen atoms in total. The first kappa shape index (κ1) is 16.5. The second-order valence-electron chi connectivity index (χ2n) is 5.98. The molecule has 1 aliphatic heterocycles. The maximum absolute atomic E-state index is 11.7. The number of carbonyl (C=O) groups is 2. The van der Waals surface area contributed by atoms with Crippen molar-refractivity contribution in [2.45, 2.75) is 51.9 Å². The van der Waals surface area contributed by atoms with Crippen molar-refractivity contribution in [2.75, 3.05) is 0 Å². The lowest BCUT2D eigenvalue weighted by atomic mass is 9.85. The predicted octanol–water partition coefficient (Wildman–Crippen LogP) is 2.06. The van der Waals surface area contributed by atoms with E-state index in [2.05, 4.69) is 6.58 Å². The summed E-state index contributed by atoms with van der Waals surface area (Å²) in [5.41, 5.74) is 2.06. The Hall–Kier alpha value is -1.88. The topological polar surface area (TPSA) is 72.8 Å². The molecule has 2 rings (SSSR count). The van der Waals surface area contributed by atoms with E-state index in [0.717, 1.165) is 11.1 Å². The molecule has 1 fully saturated rings. The Bertz CT molecular complexity index is 557. The molecule has 4 unspecified atom stereocenters. The van der Waals surface area contributed by atoms with Gasteiger partial charge in [0, 0.05) is 25.3 Å². The van der Waals surface area contributed by atoms with Crippen molar-refractivity contribution in [1.29, 1.82) is 0 Å². The van der Waals surface area contributed by atoms with Gasteiger partial charge in [0.25, 0.3) is 0 Å². The molecule has 0 amide bonds. The van der Waals surface area contributed by atoms with Gasteiger partial charge >= 0.3 is 11.9 Å². The SMILES string of the molecule is C=C1C(=O)OC2CC(C)=CCC(OC(C)=O)C(C)=CC(O)C12. The zero-order chi connectivity index (χ0) is 16.4. The second-order valence-corrected chi connectivity index (χ2v) is 5.98. The normalized spacial score (nSPS) is 32.5. The summed E-state index contributed by atoms with van der Waals surface area (Å²) in [6, 6.07) is 0. The summed E-state index contributed by atoms with van der Waals surface area (Å²) < 4.78 is 10.6. The smallest absolute Gasteiger partial charge is 0.334 e. The van der Waals surface area contributed by atoms with E-state index in [-0.39, 0.29) is 5.97 Å². The van der Waals surface area contributed by atoms with Gasteiger partial charge in [-0.15, -0.1) is 0 Å². The molecule has 0 spiro atoms. The highest BCUT2D eigenvalue weighted by atomic mass is 16.6. The Morgan fingerprint density at radius 2 is 2.14 bits per heavy atom. The molecule has 120 valence electrons. The summed E-state index contributed by atoms with van der Waals surface area (Å²) in [6.45, 7) is 8.84. The van der Waals surface area contributed by atoms with Crippen LogP contribution in [0.4, 0.5) is 0 Å². The molecule has 1 N–H and O–H groups in total. The summed E-state index contributed by atoms with van der Waals surface area (Å²) in [5, 5.41) is 10.5. The molecule has 0 saturated carbocycles. The fraction of sp³-hybridized carbons (Fsp3) is 0.529. The maximum Gasteiger partial charge on any atom is 0.334 e. The van der Waals surface area contributed by atoms with E-state index in [1.54, 1.807) is 13.0 Å². The quantitative estimate of drug-likeness (QED) is 0.456. The van der Waals surface area contributed by atoms with Crippen LogP contribution < -0.4 is 0 Å². The van der Waals surface area contributed by atoms with Crippen LogP contribution in [0.1, 0.15) is 33.6 Å². The van der Waals surface area contributed by atoms with Crippen LogP contribution >= 0.6 is 0 Å². The molecule has 0 bridgehead atoms.